The van der Waals surface area contributed by atoms with E-state index >= 15 is 0 Å². The molecule has 3 aromatic rings. The summed E-state index contributed by atoms with van der Waals surface area (Å²) >= 11 is 0. The second kappa shape index (κ2) is 12.0. The van der Waals surface area contributed by atoms with E-state index in [9.17, 15) is 0 Å². The highest BCUT2D eigenvalue weighted by molar-refractivity contribution is 5.55. The van der Waals surface area contributed by atoms with Gasteiger partial charge in [0.25, 0.3) is 0 Å². The van der Waals surface area contributed by atoms with Crippen LogP contribution in [-0.4, -0.2) is 0 Å². The van der Waals surface area contributed by atoms with E-state index in [1.807, 2.05) is 36.4 Å². The van der Waals surface area contributed by atoms with Crippen molar-refractivity contribution in [3.63, 3.8) is 0 Å². The fourth-order valence-electron chi connectivity index (χ4n) is 4.74. The van der Waals surface area contributed by atoms with Crippen molar-refractivity contribution < 1.29 is 0 Å². The average Bonchev–Trinajstić information content (AvgIpc) is 2.85. The Labute approximate surface area is 195 Å². The third kappa shape index (κ3) is 5.52. The molecular weight excluding hydrogens is 384 g/mol. The van der Waals surface area contributed by atoms with Crippen LogP contribution in [0.25, 0.3) is 0 Å². The van der Waals surface area contributed by atoms with Crippen molar-refractivity contribution in [3.8, 4) is 23.7 Å². The topological polar surface area (TPSA) is 0 Å². The van der Waals surface area contributed by atoms with E-state index in [1.54, 1.807) is 11.1 Å². The maximum atomic E-state index is 3.48. The van der Waals surface area contributed by atoms with Gasteiger partial charge in [-0.2, -0.15) is 0 Å². The second-order valence-corrected chi connectivity index (χ2v) is 7.97. The van der Waals surface area contributed by atoms with Gasteiger partial charge in [0.2, 0.25) is 0 Å². The van der Waals surface area contributed by atoms with Crippen LogP contribution >= 0.6 is 0 Å². The molecule has 162 valence electrons. The number of hydrogen-bond donors (Lipinski definition) is 0. The van der Waals surface area contributed by atoms with Crippen LogP contribution in [0.2, 0.25) is 0 Å². The Morgan fingerprint density at radius 2 is 0.750 bits per heavy atom. The quantitative estimate of drug-likeness (QED) is 0.374. The highest BCUT2D eigenvalue weighted by Gasteiger charge is 2.19. The van der Waals surface area contributed by atoms with E-state index in [1.165, 1.54) is 22.3 Å². The normalized spacial score (nSPS) is 10.1. The van der Waals surface area contributed by atoms with Crippen LogP contribution in [0.1, 0.15) is 72.2 Å². The summed E-state index contributed by atoms with van der Waals surface area (Å²) in [6.45, 7) is 9.16. The van der Waals surface area contributed by atoms with Crippen LogP contribution in [0, 0.1) is 23.7 Å². The lowest BCUT2D eigenvalue weighted by Gasteiger charge is -2.24. The monoisotopic (exact) mass is 418 g/mol. The second-order valence-electron chi connectivity index (χ2n) is 7.97. The molecule has 0 amide bonds. The molecule has 0 saturated heterocycles. The molecule has 0 aliphatic heterocycles. The van der Waals surface area contributed by atoms with E-state index in [-0.39, 0.29) is 0 Å². The SMILES string of the molecule is CCc1c(CC)c(CC)c(CC#Cc2ccccc2)c(CC#Cc2ccccc2)c1CC. The van der Waals surface area contributed by atoms with E-state index in [0.29, 0.717) is 0 Å². The molecule has 0 atom stereocenters. The first-order valence-electron chi connectivity index (χ1n) is 12.0. The van der Waals surface area contributed by atoms with Crippen LogP contribution in [0.3, 0.4) is 0 Å². The first-order chi connectivity index (χ1) is 15.7. The molecule has 32 heavy (non-hydrogen) atoms. The molecule has 0 bridgehead atoms. The first-order valence-corrected chi connectivity index (χ1v) is 12.0. The Bertz CT molecular complexity index is 1050. The largest absolute Gasteiger partial charge is 0.0931 e. The highest BCUT2D eigenvalue weighted by atomic mass is 14.2. The zero-order valence-corrected chi connectivity index (χ0v) is 20.0. The van der Waals surface area contributed by atoms with Crippen molar-refractivity contribution in [3.05, 3.63) is 105 Å². The summed E-state index contributed by atoms with van der Waals surface area (Å²) in [5, 5.41) is 0. The Morgan fingerprint density at radius 1 is 0.438 bits per heavy atom. The summed E-state index contributed by atoms with van der Waals surface area (Å²) in [4.78, 5) is 0. The van der Waals surface area contributed by atoms with Crippen LogP contribution in [0.4, 0.5) is 0 Å². The maximum absolute atomic E-state index is 3.48. The van der Waals surface area contributed by atoms with Crippen molar-refractivity contribution >= 4 is 0 Å². The van der Waals surface area contributed by atoms with Gasteiger partial charge >= 0.3 is 0 Å². The summed E-state index contributed by atoms with van der Waals surface area (Å²) in [5.74, 6) is 13.7. The van der Waals surface area contributed by atoms with Crippen LogP contribution < -0.4 is 0 Å². The van der Waals surface area contributed by atoms with Crippen molar-refractivity contribution in [2.45, 2.75) is 66.2 Å². The fourth-order valence-corrected chi connectivity index (χ4v) is 4.74. The molecule has 0 N–H and O–H groups in total. The Hall–Kier alpha value is -3.22. The molecular formula is C32H34. The summed E-state index contributed by atoms with van der Waals surface area (Å²) in [5.41, 5.74) is 11.1. The molecule has 0 spiro atoms. The molecule has 0 heteroatoms. The van der Waals surface area contributed by atoms with E-state index < -0.39 is 0 Å². The van der Waals surface area contributed by atoms with E-state index in [2.05, 4.69) is 75.6 Å². The summed E-state index contributed by atoms with van der Waals surface area (Å²) in [7, 11) is 0. The third-order valence-corrected chi connectivity index (χ3v) is 6.14. The predicted octanol–water partition coefficient (Wildman–Crippen LogP) is 7.12. The Kier molecular flexibility index (Phi) is 8.78. The fraction of sp³-hybridized carbons (Fsp3) is 0.312. The number of benzene rings is 3. The molecule has 0 nitrogen and oxygen atoms in total. The number of hydrogen-bond acceptors (Lipinski definition) is 0. The van der Waals surface area contributed by atoms with E-state index in [4.69, 9.17) is 0 Å². The van der Waals surface area contributed by atoms with Gasteiger partial charge in [-0.1, -0.05) is 87.8 Å². The highest BCUT2D eigenvalue weighted by Crippen LogP contribution is 2.31. The van der Waals surface area contributed by atoms with Gasteiger partial charge in [-0.05, 0) is 83.3 Å². The molecule has 0 fully saturated rings. The minimum absolute atomic E-state index is 0.782. The van der Waals surface area contributed by atoms with Crippen LogP contribution in [0.15, 0.2) is 60.7 Å². The smallest absolute Gasteiger partial charge is 0.0350 e. The zero-order chi connectivity index (χ0) is 22.8. The van der Waals surface area contributed by atoms with Crippen molar-refractivity contribution in [1.29, 1.82) is 0 Å². The van der Waals surface area contributed by atoms with Crippen molar-refractivity contribution in [1.82, 2.24) is 0 Å². The van der Waals surface area contributed by atoms with Crippen molar-refractivity contribution in [2.75, 3.05) is 0 Å². The third-order valence-electron chi connectivity index (χ3n) is 6.14. The first kappa shape index (κ1) is 23.4. The zero-order valence-electron chi connectivity index (χ0n) is 20.0. The van der Waals surface area contributed by atoms with Gasteiger partial charge in [-0.15, -0.1) is 0 Å². The standard InChI is InChI=1S/C32H34/c1-5-27-28(6-2)30(8-4)32(24-16-22-26-19-13-10-14-20-26)31(29(27)7-3)23-15-21-25-17-11-9-12-18-25/h9-14,17-20H,5-8,23-24H2,1-4H3. The minimum Gasteiger partial charge on any atom is -0.0931 e. The molecule has 0 unspecified atom stereocenters. The summed E-state index contributed by atoms with van der Waals surface area (Å²) in [6.07, 6.45) is 5.81. The molecule has 0 aliphatic rings. The van der Waals surface area contributed by atoms with Gasteiger partial charge in [0.15, 0.2) is 0 Å². The molecule has 0 heterocycles. The Balaban J connectivity index is 2.10. The van der Waals surface area contributed by atoms with Gasteiger partial charge in [0.1, 0.15) is 0 Å². The molecule has 0 aromatic heterocycles. The molecule has 3 aromatic carbocycles. The lowest BCUT2D eigenvalue weighted by Crippen LogP contribution is -2.12. The van der Waals surface area contributed by atoms with Crippen molar-refractivity contribution in [2.24, 2.45) is 0 Å². The molecule has 3 rings (SSSR count). The van der Waals surface area contributed by atoms with Gasteiger partial charge < -0.3 is 0 Å². The number of rotatable bonds is 6. The predicted molar refractivity (Wildman–Crippen MR) is 138 cm³/mol. The maximum Gasteiger partial charge on any atom is 0.0350 e. The molecule has 0 radical (unpaired) electrons. The lowest BCUT2D eigenvalue weighted by molar-refractivity contribution is 0.903. The average molecular weight is 419 g/mol. The summed E-state index contributed by atoms with van der Waals surface area (Å²) < 4.78 is 0. The van der Waals surface area contributed by atoms with Gasteiger partial charge in [0, 0.05) is 24.0 Å². The summed E-state index contributed by atoms with van der Waals surface area (Å²) in [6, 6.07) is 20.6. The van der Waals surface area contributed by atoms with E-state index in [0.717, 1.165) is 49.7 Å². The molecule has 0 aliphatic carbocycles. The van der Waals surface area contributed by atoms with Gasteiger partial charge in [0.05, 0.1) is 0 Å². The van der Waals surface area contributed by atoms with Crippen LogP contribution in [-0.2, 0) is 38.5 Å². The lowest BCUT2D eigenvalue weighted by atomic mass is 9.80. The Morgan fingerprint density at radius 3 is 1.06 bits per heavy atom. The molecule has 0 saturated carbocycles. The van der Waals surface area contributed by atoms with Gasteiger partial charge in [-0.25, -0.2) is 0 Å². The van der Waals surface area contributed by atoms with Crippen LogP contribution in [0.5, 0.6) is 0 Å². The van der Waals surface area contributed by atoms with Gasteiger partial charge in [-0.3, -0.25) is 0 Å². The minimum atomic E-state index is 0.782.